The van der Waals surface area contributed by atoms with Crippen LogP contribution in [0, 0.1) is 6.92 Å². The van der Waals surface area contributed by atoms with Crippen molar-refractivity contribution in [3.63, 3.8) is 0 Å². The van der Waals surface area contributed by atoms with E-state index >= 15 is 0 Å². The molecule has 0 radical (unpaired) electrons. The van der Waals surface area contributed by atoms with E-state index in [9.17, 15) is 9.90 Å². The molecule has 3 nitrogen and oxygen atoms in total. The standard InChI is InChI=1S/C14H19NO2S/c1-10-11(5-4-6-12(10)16)13(17)15-7-8-18-14(2,3)9-15/h4-6,16H,7-9H2,1-3H3. The van der Waals surface area contributed by atoms with Crippen LogP contribution in [0.2, 0.25) is 0 Å². The first kappa shape index (κ1) is 13.3. The summed E-state index contributed by atoms with van der Waals surface area (Å²) in [6.45, 7) is 7.64. The van der Waals surface area contributed by atoms with Crippen molar-refractivity contribution < 1.29 is 9.90 Å². The molecule has 1 saturated heterocycles. The lowest BCUT2D eigenvalue weighted by Gasteiger charge is -2.37. The van der Waals surface area contributed by atoms with E-state index in [1.54, 1.807) is 25.1 Å². The smallest absolute Gasteiger partial charge is 0.254 e. The molecule has 0 saturated carbocycles. The molecule has 4 heteroatoms. The number of phenols is 1. The fourth-order valence-corrected chi connectivity index (χ4v) is 3.33. The average Bonchev–Trinajstić information content (AvgIpc) is 2.30. The van der Waals surface area contributed by atoms with Crippen molar-refractivity contribution >= 4 is 17.7 Å². The molecule has 0 aliphatic carbocycles. The minimum atomic E-state index is 0.0248. The van der Waals surface area contributed by atoms with E-state index in [1.807, 2.05) is 16.7 Å². The van der Waals surface area contributed by atoms with Crippen LogP contribution >= 0.6 is 11.8 Å². The van der Waals surface area contributed by atoms with Crippen LogP contribution in [0.5, 0.6) is 5.75 Å². The lowest BCUT2D eigenvalue weighted by molar-refractivity contribution is 0.0747. The third-order valence-electron chi connectivity index (χ3n) is 3.25. The molecule has 98 valence electrons. The van der Waals surface area contributed by atoms with Gasteiger partial charge in [0.1, 0.15) is 5.75 Å². The molecule has 0 spiro atoms. The molecule has 2 rings (SSSR count). The average molecular weight is 265 g/mol. The molecule has 1 amide bonds. The first-order chi connectivity index (χ1) is 8.41. The summed E-state index contributed by atoms with van der Waals surface area (Å²) in [5.74, 6) is 1.18. The number of nitrogens with zero attached hydrogens (tertiary/aromatic N) is 1. The van der Waals surface area contributed by atoms with Gasteiger partial charge in [-0.25, -0.2) is 0 Å². The van der Waals surface area contributed by atoms with Crippen molar-refractivity contribution in [2.45, 2.75) is 25.5 Å². The first-order valence-corrected chi connectivity index (χ1v) is 7.11. The van der Waals surface area contributed by atoms with Crippen LogP contribution in [0.3, 0.4) is 0 Å². The maximum atomic E-state index is 12.5. The monoisotopic (exact) mass is 265 g/mol. The summed E-state index contributed by atoms with van der Waals surface area (Å²) < 4.78 is 0.110. The van der Waals surface area contributed by atoms with Gasteiger partial charge in [0.2, 0.25) is 0 Å². The summed E-state index contributed by atoms with van der Waals surface area (Å²) in [5, 5.41) is 9.68. The Kier molecular flexibility index (Phi) is 3.57. The maximum Gasteiger partial charge on any atom is 0.254 e. The van der Waals surface area contributed by atoms with Gasteiger partial charge < -0.3 is 10.0 Å². The lowest BCUT2D eigenvalue weighted by Crippen LogP contribution is -2.46. The molecule has 0 bridgehead atoms. The van der Waals surface area contributed by atoms with Crippen molar-refractivity contribution in [1.82, 2.24) is 4.90 Å². The number of phenolic OH excluding ortho intramolecular Hbond substituents is 1. The molecule has 1 aromatic carbocycles. The normalized spacial score (nSPS) is 18.7. The third kappa shape index (κ3) is 2.64. The predicted octanol–water partition coefficient (Wildman–Crippen LogP) is 2.67. The second-order valence-corrected chi connectivity index (χ2v) is 7.09. The van der Waals surface area contributed by atoms with Crippen molar-refractivity contribution in [2.24, 2.45) is 0 Å². The topological polar surface area (TPSA) is 40.5 Å². The number of rotatable bonds is 1. The predicted molar refractivity (Wildman–Crippen MR) is 75.3 cm³/mol. The molecule has 0 atom stereocenters. The van der Waals surface area contributed by atoms with Gasteiger partial charge >= 0.3 is 0 Å². The van der Waals surface area contributed by atoms with Crippen LogP contribution in [0.25, 0.3) is 0 Å². The number of aromatic hydroxyl groups is 1. The van der Waals surface area contributed by atoms with E-state index in [-0.39, 0.29) is 16.4 Å². The van der Waals surface area contributed by atoms with E-state index in [2.05, 4.69) is 13.8 Å². The molecular formula is C14H19NO2S. The van der Waals surface area contributed by atoms with Gasteiger partial charge in [0.05, 0.1) is 0 Å². The first-order valence-electron chi connectivity index (χ1n) is 6.12. The molecule has 1 N–H and O–H groups in total. The van der Waals surface area contributed by atoms with Crippen molar-refractivity contribution in [3.8, 4) is 5.75 Å². The van der Waals surface area contributed by atoms with Crippen LogP contribution in [-0.2, 0) is 0 Å². The van der Waals surface area contributed by atoms with Crippen LogP contribution in [0.15, 0.2) is 18.2 Å². The Hall–Kier alpha value is -1.16. The summed E-state index contributed by atoms with van der Waals surface area (Å²) in [5.41, 5.74) is 1.27. The van der Waals surface area contributed by atoms with E-state index in [0.29, 0.717) is 11.1 Å². The van der Waals surface area contributed by atoms with Gasteiger partial charge in [0.25, 0.3) is 5.91 Å². The van der Waals surface area contributed by atoms with Gasteiger partial charge in [-0.15, -0.1) is 0 Å². The Morgan fingerprint density at radius 1 is 1.44 bits per heavy atom. The Balaban J connectivity index is 2.23. The van der Waals surface area contributed by atoms with Gasteiger partial charge in [-0.1, -0.05) is 6.07 Å². The highest BCUT2D eigenvalue weighted by atomic mass is 32.2. The Morgan fingerprint density at radius 2 is 2.17 bits per heavy atom. The fourth-order valence-electron chi connectivity index (χ4n) is 2.22. The van der Waals surface area contributed by atoms with E-state index < -0.39 is 0 Å². The molecular weight excluding hydrogens is 246 g/mol. The number of carbonyl (C=O) groups excluding carboxylic acids is 1. The number of hydrogen-bond donors (Lipinski definition) is 1. The molecule has 1 aliphatic heterocycles. The third-order valence-corrected chi connectivity index (χ3v) is 4.55. The van der Waals surface area contributed by atoms with Gasteiger partial charge in [0, 0.05) is 34.7 Å². The van der Waals surface area contributed by atoms with Crippen LogP contribution in [0.4, 0.5) is 0 Å². The number of benzene rings is 1. The second-order valence-electron chi connectivity index (χ2n) is 5.28. The van der Waals surface area contributed by atoms with Crippen molar-refractivity contribution in [1.29, 1.82) is 0 Å². The molecule has 18 heavy (non-hydrogen) atoms. The number of carbonyl (C=O) groups is 1. The van der Waals surface area contributed by atoms with Gasteiger partial charge in [-0.2, -0.15) is 11.8 Å². The molecule has 1 heterocycles. The molecule has 1 aliphatic rings. The summed E-state index contributed by atoms with van der Waals surface area (Å²) in [7, 11) is 0. The molecule has 1 aromatic rings. The summed E-state index contributed by atoms with van der Waals surface area (Å²) in [6, 6.07) is 5.12. The summed E-state index contributed by atoms with van der Waals surface area (Å²) in [4.78, 5) is 14.4. The van der Waals surface area contributed by atoms with E-state index in [1.165, 1.54) is 0 Å². The lowest BCUT2D eigenvalue weighted by atomic mass is 10.1. The summed E-state index contributed by atoms with van der Waals surface area (Å²) >= 11 is 1.90. The molecule has 1 fully saturated rings. The zero-order valence-electron chi connectivity index (χ0n) is 11.1. The SMILES string of the molecule is Cc1c(O)cccc1C(=O)N1CCSC(C)(C)C1. The number of amides is 1. The number of thioether (sulfide) groups is 1. The highest BCUT2D eigenvalue weighted by molar-refractivity contribution is 8.00. The second kappa shape index (κ2) is 4.84. The minimum absolute atomic E-state index is 0.0248. The van der Waals surface area contributed by atoms with Crippen molar-refractivity contribution in [2.75, 3.05) is 18.8 Å². The minimum Gasteiger partial charge on any atom is -0.508 e. The highest BCUT2D eigenvalue weighted by Crippen LogP contribution is 2.31. The van der Waals surface area contributed by atoms with Gasteiger partial charge in [-0.05, 0) is 32.9 Å². The molecule has 0 unspecified atom stereocenters. The van der Waals surface area contributed by atoms with Crippen LogP contribution in [-0.4, -0.2) is 39.5 Å². The maximum absolute atomic E-state index is 12.5. The Labute approximate surface area is 112 Å². The summed E-state index contributed by atoms with van der Waals surface area (Å²) in [6.07, 6.45) is 0. The van der Waals surface area contributed by atoms with E-state index in [0.717, 1.165) is 18.8 Å². The fraction of sp³-hybridized carbons (Fsp3) is 0.500. The zero-order valence-corrected chi connectivity index (χ0v) is 11.9. The van der Waals surface area contributed by atoms with Gasteiger partial charge in [0.15, 0.2) is 0 Å². The van der Waals surface area contributed by atoms with Crippen LogP contribution in [0.1, 0.15) is 29.8 Å². The van der Waals surface area contributed by atoms with Crippen molar-refractivity contribution in [3.05, 3.63) is 29.3 Å². The Morgan fingerprint density at radius 3 is 2.83 bits per heavy atom. The largest absolute Gasteiger partial charge is 0.508 e. The van der Waals surface area contributed by atoms with Crippen LogP contribution < -0.4 is 0 Å². The number of hydrogen-bond acceptors (Lipinski definition) is 3. The van der Waals surface area contributed by atoms with Gasteiger partial charge in [-0.3, -0.25) is 4.79 Å². The van der Waals surface area contributed by atoms with E-state index in [4.69, 9.17) is 0 Å². The highest BCUT2D eigenvalue weighted by Gasteiger charge is 2.30. The quantitative estimate of drug-likeness (QED) is 0.848. The molecule has 0 aromatic heterocycles. The Bertz CT molecular complexity index is 471. The zero-order chi connectivity index (χ0) is 13.3.